The number of piperazine rings is 1. The molecular weight excluding hydrogens is 560 g/mol. The first-order valence-electron chi connectivity index (χ1n) is 14.6. The smallest absolute Gasteiger partial charge is 0.347 e. The van der Waals surface area contributed by atoms with Gasteiger partial charge in [0.25, 0.3) is 0 Å². The number of nitrogens with zero attached hydrogens (tertiary/aromatic N) is 6. The number of aryl methyl sites for hydroxylation is 1. The van der Waals surface area contributed by atoms with Gasteiger partial charge in [-0.15, -0.1) is 0 Å². The number of fused-ring (bicyclic) bond motifs is 1. The van der Waals surface area contributed by atoms with Crippen LogP contribution in [0, 0.1) is 0 Å². The second kappa shape index (κ2) is 12.1. The van der Waals surface area contributed by atoms with Crippen molar-refractivity contribution in [2.45, 2.75) is 59.0 Å². The van der Waals surface area contributed by atoms with Crippen LogP contribution in [0.3, 0.4) is 0 Å². The number of carbonyl (C=O) groups excluding carboxylic acids is 1. The first-order chi connectivity index (χ1) is 20.6. The minimum Gasteiger partial charge on any atom is -0.347 e. The Labute approximate surface area is 257 Å². The van der Waals surface area contributed by atoms with Gasteiger partial charge in [-0.25, -0.2) is 14.3 Å². The Kier molecular flexibility index (Phi) is 8.51. The fraction of sp³-hybridized carbons (Fsp3) is 0.324. The number of carbonyl (C=O) groups is 1. The molecule has 2 atom stereocenters. The lowest BCUT2D eigenvalue weighted by Gasteiger charge is -2.45. The third-order valence-electron chi connectivity index (χ3n) is 8.07. The molecule has 4 aromatic rings. The summed E-state index contributed by atoms with van der Waals surface area (Å²) >= 11 is 7.01. The normalized spacial score (nSPS) is 17.0. The predicted molar refractivity (Wildman–Crippen MR) is 175 cm³/mol. The van der Waals surface area contributed by atoms with Crippen molar-refractivity contribution in [1.82, 2.24) is 24.4 Å². The number of hydrogen-bond donors (Lipinski definition) is 0. The van der Waals surface area contributed by atoms with E-state index in [-0.39, 0.29) is 23.9 Å². The van der Waals surface area contributed by atoms with Crippen molar-refractivity contribution in [2.75, 3.05) is 18.0 Å². The maximum Gasteiger partial charge on any atom is 0.355 e. The molecule has 5 rings (SSSR count). The lowest BCUT2D eigenvalue weighted by Crippen LogP contribution is -2.58. The first-order valence-corrected chi connectivity index (χ1v) is 15.0. The van der Waals surface area contributed by atoms with Gasteiger partial charge in [-0.2, -0.15) is 4.98 Å². The number of amides is 1. The van der Waals surface area contributed by atoms with E-state index in [0.717, 1.165) is 22.4 Å². The van der Waals surface area contributed by atoms with E-state index >= 15 is 0 Å². The highest BCUT2D eigenvalue weighted by Gasteiger charge is 2.34. The Bertz CT molecular complexity index is 1780. The van der Waals surface area contributed by atoms with Crippen molar-refractivity contribution >= 4 is 40.4 Å². The number of rotatable bonds is 7. The summed E-state index contributed by atoms with van der Waals surface area (Å²) in [7, 11) is 0. The molecule has 9 heteroatoms. The van der Waals surface area contributed by atoms with Gasteiger partial charge in [0.2, 0.25) is 5.91 Å². The molecule has 8 nitrogen and oxygen atoms in total. The van der Waals surface area contributed by atoms with Crippen molar-refractivity contribution in [3.63, 3.8) is 0 Å². The van der Waals surface area contributed by atoms with Crippen molar-refractivity contribution in [3.05, 3.63) is 94.2 Å². The number of pyridine rings is 2. The van der Waals surface area contributed by atoms with Gasteiger partial charge in [0.05, 0.1) is 27.5 Å². The molecule has 0 radical (unpaired) electrons. The Morgan fingerprint density at radius 3 is 2.44 bits per heavy atom. The van der Waals surface area contributed by atoms with Crippen LogP contribution in [0.2, 0.25) is 5.02 Å². The summed E-state index contributed by atoms with van der Waals surface area (Å²) in [6, 6.07) is 11.3. The van der Waals surface area contributed by atoms with E-state index in [0.29, 0.717) is 52.8 Å². The molecule has 1 aliphatic rings. The molecule has 1 fully saturated rings. The second-order valence-electron chi connectivity index (χ2n) is 11.3. The van der Waals surface area contributed by atoms with Crippen molar-refractivity contribution < 1.29 is 4.79 Å². The average Bonchev–Trinajstić information content (AvgIpc) is 2.99. The Morgan fingerprint density at radius 1 is 1.12 bits per heavy atom. The van der Waals surface area contributed by atoms with Crippen LogP contribution in [0.5, 0.6) is 0 Å². The summed E-state index contributed by atoms with van der Waals surface area (Å²) in [5.41, 5.74) is 4.70. The maximum atomic E-state index is 14.3. The van der Waals surface area contributed by atoms with Gasteiger partial charge in [-0.3, -0.25) is 9.78 Å². The summed E-state index contributed by atoms with van der Waals surface area (Å²) < 4.78 is 1.60. The highest BCUT2D eigenvalue weighted by atomic mass is 35.5. The zero-order valence-corrected chi connectivity index (χ0v) is 26.1. The zero-order chi connectivity index (χ0) is 31.0. The SMILES string of the molecule is C=CC(=O)N1C[C@H](C)N(c2nc(=O)n(-c3c(CC)ccnc3C(C)C)c3nc(-c4ccccc4C=C)c(Cl)cc23)[C@@H](C)C1. The van der Waals surface area contributed by atoms with Crippen molar-refractivity contribution in [1.29, 1.82) is 0 Å². The molecule has 3 aromatic heterocycles. The Hall–Kier alpha value is -4.30. The van der Waals surface area contributed by atoms with Crippen LogP contribution in [-0.2, 0) is 11.2 Å². The van der Waals surface area contributed by atoms with Gasteiger partial charge in [0.1, 0.15) is 5.82 Å². The first kappa shape index (κ1) is 30.2. The molecule has 0 N–H and O–H groups in total. The standard InChI is InChI=1S/C34H37ClN6O2/c1-8-23-13-11-12-14-25(23)30-27(35)17-26-32(37-30)41(31-24(9-2)15-16-36-29(31)20(4)5)34(43)38-33(26)40-21(6)18-39(19-22(40)7)28(42)10-3/h8,10-17,20-22H,1,3,9,18-19H2,2,4-7H3/t21-,22-/m0/s1. The fourth-order valence-electron chi connectivity index (χ4n) is 6.11. The fourth-order valence-corrected chi connectivity index (χ4v) is 6.36. The van der Waals surface area contributed by atoms with Gasteiger partial charge in [0.15, 0.2) is 5.65 Å². The summed E-state index contributed by atoms with van der Waals surface area (Å²) in [6.45, 7) is 18.8. The molecule has 4 heterocycles. The zero-order valence-electron chi connectivity index (χ0n) is 25.3. The molecule has 0 bridgehead atoms. The number of aromatic nitrogens is 4. The van der Waals surface area contributed by atoms with E-state index in [2.05, 4.69) is 38.8 Å². The van der Waals surface area contributed by atoms with Crippen LogP contribution < -0.4 is 10.6 Å². The quantitative estimate of drug-likeness (QED) is 0.228. The number of hydrogen-bond acceptors (Lipinski definition) is 6. The summed E-state index contributed by atoms with van der Waals surface area (Å²) in [5, 5.41) is 1.08. The molecule has 1 amide bonds. The van der Waals surface area contributed by atoms with E-state index < -0.39 is 5.69 Å². The van der Waals surface area contributed by atoms with E-state index in [4.69, 9.17) is 26.6 Å². The Morgan fingerprint density at radius 2 is 1.81 bits per heavy atom. The van der Waals surface area contributed by atoms with E-state index in [1.807, 2.05) is 50.2 Å². The third-order valence-corrected chi connectivity index (χ3v) is 8.36. The van der Waals surface area contributed by atoms with Gasteiger partial charge in [-0.05, 0) is 55.5 Å². The average molecular weight is 597 g/mol. The number of benzene rings is 1. The molecule has 0 saturated carbocycles. The van der Waals surface area contributed by atoms with Crippen molar-refractivity contribution in [2.24, 2.45) is 0 Å². The lowest BCUT2D eigenvalue weighted by atomic mass is 10.0. The summed E-state index contributed by atoms with van der Waals surface area (Å²) in [4.78, 5) is 45.1. The molecule has 222 valence electrons. The van der Waals surface area contributed by atoms with Crippen LogP contribution in [-0.4, -0.2) is 55.5 Å². The van der Waals surface area contributed by atoms with Crippen LogP contribution in [0.15, 0.2) is 66.6 Å². The molecular formula is C34H37ClN6O2. The Balaban J connectivity index is 1.86. The van der Waals surface area contributed by atoms with Gasteiger partial charge in [0, 0.05) is 36.9 Å². The third kappa shape index (κ3) is 5.36. The predicted octanol–water partition coefficient (Wildman–Crippen LogP) is 6.44. The molecule has 1 aliphatic heterocycles. The van der Waals surface area contributed by atoms with Crippen LogP contribution in [0.4, 0.5) is 5.82 Å². The molecule has 0 unspecified atom stereocenters. The highest BCUT2D eigenvalue weighted by Crippen LogP contribution is 2.37. The van der Waals surface area contributed by atoms with E-state index in [9.17, 15) is 9.59 Å². The van der Waals surface area contributed by atoms with E-state index in [1.165, 1.54) is 6.08 Å². The second-order valence-corrected chi connectivity index (χ2v) is 11.7. The molecule has 43 heavy (non-hydrogen) atoms. The topological polar surface area (TPSA) is 84.2 Å². The van der Waals surface area contributed by atoms with Crippen LogP contribution in [0.25, 0.3) is 34.1 Å². The summed E-state index contributed by atoms with van der Waals surface area (Å²) in [6.07, 6.45) is 5.58. The summed E-state index contributed by atoms with van der Waals surface area (Å²) in [5.74, 6) is 0.423. The molecule has 0 aliphatic carbocycles. The van der Waals surface area contributed by atoms with E-state index in [1.54, 1.807) is 21.7 Å². The van der Waals surface area contributed by atoms with Gasteiger partial charge < -0.3 is 9.80 Å². The highest BCUT2D eigenvalue weighted by molar-refractivity contribution is 6.34. The van der Waals surface area contributed by atoms with Crippen molar-refractivity contribution in [3.8, 4) is 16.9 Å². The minimum atomic E-state index is -0.450. The monoisotopic (exact) mass is 596 g/mol. The number of halogens is 1. The van der Waals surface area contributed by atoms with Crippen LogP contribution >= 0.6 is 11.6 Å². The molecule has 0 spiro atoms. The van der Waals surface area contributed by atoms with Gasteiger partial charge >= 0.3 is 5.69 Å². The minimum absolute atomic E-state index is 0.0481. The molecule has 1 saturated heterocycles. The van der Waals surface area contributed by atoms with Gasteiger partial charge in [-0.1, -0.05) is 75.9 Å². The lowest BCUT2D eigenvalue weighted by molar-refractivity contribution is -0.127. The number of anilines is 1. The maximum absolute atomic E-state index is 14.3. The molecule has 1 aromatic carbocycles. The van der Waals surface area contributed by atoms with Crippen LogP contribution in [0.1, 0.15) is 57.4 Å². The largest absolute Gasteiger partial charge is 0.355 e.